The maximum atomic E-state index is 11.9. The number of carbonyl (C=O) groups is 2. The fourth-order valence-corrected chi connectivity index (χ4v) is 5.13. The summed E-state index contributed by atoms with van der Waals surface area (Å²) >= 11 is 4.53. The molecule has 2 amide bonds. The van der Waals surface area contributed by atoms with E-state index in [1.165, 1.54) is 28.9 Å². The van der Waals surface area contributed by atoms with Gasteiger partial charge in [0.05, 0.1) is 18.9 Å². The summed E-state index contributed by atoms with van der Waals surface area (Å²) in [5.74, 6) is 3.29. The van der Waals surface area contributed by atoms with E-state index in [9.17, 15) is 9.59 Å². The number of hydrogen-bond donors (Lipinski definition) is 2. The highest BCUT2D eigenvalue weighted by Gasteiger charge is 2.10. The summed E-state index contributed by atoms with van der Waals surface area (Å²) in [5.41, 5.74) is 0. The fourth-order valence-electron chi connectivity index (χ4n) is 2.54. The molecule has 0 fully saturated rings. The number of carbonyl (C=O) groups excluding carboxylic acids is 2. The van der Waals surface area contributed by atoms with Gasteiger partial charge in [-0.2, -0.15) is 11.8 Å². The quantitative estimate of drug-likeness (QED) is 0.209. The lowest BCUT2D eigenvalue weighted by atomic mass is 10.3. The predicted molar refractivity (Wildman–Crippen MR) is 133 cm³/mol. The Morgan fingerprint density at radius 3 is 2.15 bits per heavy atom. The van der Waals surface area contributed by atoms with Crippen LogP contribution in [0.25, 0.3) is 0 Å². The van der Waals surface area contributed by atoms with Crippen LogP contribution < -0.4 is 10.6 Å². The SMILES string of the molecule is CCc1ccco1.O=CNc1nnc(CCSCCc2nnc(NC(=O)Cc3ccco3)s2)s1. The van der Waals surface area contributed by atoms with Crippen LogP contribution in [0.3, 0.4) is 0 Å². The monoisotopic (exact) mass is 520 g/mol. The zero-order valence-electron chi connectivity index (χ0n) is 18.4. The molecule has 10 nitrogen and oxygen atoms in total. The molecule has 0 aromatic carbocycles. The molecule has 13 heteroatoms. The van der Waals surface area contributed by atoms with Gasteiger partial charge in [0.1, 0.15) is 21.5 Å². The highest BCUT2D eigenvalue weighted by molar-refractivity contribution is 7.99. The van der Waals surface area contributed by atoms with Crippen LogP contribution in [0, 0.1) is 0 Å². The molecule has 0 spiro atoms. The van der Waals surface area contributed by atoms with Crippen molar-refractivity contribution in [3.05, 3.63) is 58.3 Å². The average Bonchev–Trinajstić information content (AvgIpc) is 3.63. The summed E-state index contributed by atoms with van der Waals surface area (Å²) < 4.78 is 10.1. The van der Waals surface area contributed by atoms with E-state index in [2.05, 4.69) is 38.0 Å². The minimum Gasteiger partial charge on any atom is -0.469 e. The molecule has 180 valence electrons. The molecule has 4 rings (SSSR count). The summed E-state index contributed by atoms with van der Waals surface area (Å²) in [6.45, 7) is 2.07. The summed E-state index contributed by atoms with van der Waals surface area (Å²) in [6.07, 6.45) is 6.57. The van der Waals surface area contributed by atoms with E-state index in [0.717, 1.165) is 46.5 Å². The minimum atomic E-state index is -0.178. The summed E-state index contributed by atoms with van der Waals surface area (Å²) in [5, 5.41) is 24.0. The molecule has 0 aliphatic rings. The van der Waals surface area contributed by atoms with Gasteiger partial charge in [-0.15, -0.1) is 20.4 Å². The van der Waals surface area contributed by atoms with Crippen LogP contribution in [0.15, 0.2) is 45.6 Å². The number of nitrogens with zero attached hydrogens (tertiary/aromatic N) is 4. The van der Waals surface area contributed by atoms with Crippen molar-refractivity contribution in [3.8, 4) is 0 Å². The molecule has 0 saturated heterocycles. The minimum absolute atomic E-state index is 0.174. The van der Waals surface area contributed by atoms with Crippen LogP contribution in [0.5, 0.6) is 0 Å². The Bertz CT molecular complexity index is 1110. The van der Waals surface area contributed by atoms with Gasteiger partial charge in [0, 0.05) is 19.3 Å². The summed E-state index contributed by atoms with van der Waals surface area (Å²) in [4.78, 5) is 22.2. The Hall–Kier alpha value is -3.03. The second kappa shape index (κ2) is 14.3. The van der Waals surface area contributed by atoms with Crippen molar-refractivity contribution in [1.82, 2.24) is 20.4 Å². The van der Waals surface area contributed by atoms with E-state index < -0.39 is 0 Å². The number of aryl methyl sites for hydroxylation is 3. The molecule has 2 N–H and O–H groups in total. The molecule has 0 unspecified atom stereocenters. The van der Waals surface area contributed by atoms with E-state index in [1.54, 1.807) is 30.2 Å². The molecule has 0 aliphatic heterocycles. The van der Waals surface area contributed by atoms with E-state index in [-0.39, 0.29) is 12.3 Å². The fraction of sp³-hybridized carbons (Fsp3) is 0.333. The maximum Gasteiger partial charge on any atom is 0.233 e. The Morgan fingerprint density at radius 1 is 0.971 bits per heavy atom. The van der Waals surface area contributed by atoms with Gasteiger partial charge in [-0.3, -0.25) is 9.59 Å². The Morgan fingerprint density at radius 2 is 1.59 bits per heavy atom. The molecular weight excluding hydrogens is 496 g/mol. The third kappa shape index (κ3) is 9.08. The molecule has 0 radical (unpaired) electrons. The van der Waals surface area contributed by atoms with Gasteiger partial charge >= 0.3 is 0 Å². The zero-order chi connectivity index (χ0) is 24.0. The molecule has 4 heterocycles. The van der Waals surface area contributed by atoms with Crippen LogP contribution in [0.4, 0.5) is 10.3 Å². The Balaban J connectivity index is 0.000000396. The molecule has 0 saturated carbocycles. The van der Waals surface area contributed by atoms with Gasteiger partial charge in [-0.25, -0.2) is 0 Å². The average molecular weight is 521 g/mol. The Labute approximate surface area is 208 Å². The first kappa shape index (κ1) is 25.6. The molecule has 0 aliphatic carbocycles. The van der Waals surface area contributed by atoms with Crippen molar-refractivity contribution < 1.29 is 18.4 Å². The molecule has 0 bridgehead atoms. The Kier molecular flexibility index (Phi) is 10.7. The lowest BCUT2D eigenvalue weighted by Crippen LogP contribution is -2.13. The second-order valence-electron chi connectivity index (χ2n) is 6.61. The molecule has 4 aromatic heterocycles. The number of aromatic nitrogens is 4. The van der Waals surface area contributed by atoms with Gasteiger partial charge < -0.3 is 19.5 Å². The van der Waals surface area contributed by atoms with E-state index in [1.807, 2.05) is 12.1 Å². The van der Waals surface area contributed by atoms with Gasteiger partial charge in [0.2, 0.25) is 22.6 Å². The highest BCUT2D eigenvalue weighted by Crippen LogP contribution is 2.19. The van der Waals surface area contributed by atoms with Crippen molar-refractivity contribution in [1.29, 1.82) is 0 Å². The lowest BCUT2D eigenvalue weighted by molar-refractivity contribution is -0.115. The topological polar surface area (TPSA) is 136 Å². The maximum absolute atomic E-state index is 11.9. The van der Waals surface area contributed by atoms with Crippen molar-refractivity contribution >= 4 is 57.0 Å². The van der Waals surface area contributed by atoms with Crippen LogP contribution in [-0.4, -0.2) is 44.2 Å². The number of rotatable bonds is 12. The molecule has 0 atom stereocenters. The number of hydrogen-bond acceptors (Lipinski definition) is 11. The summed E-state index contributed by atoms with van der Waals surface area (Å²) in [6, 6.07) is 7.37. The van der Waals surface area contributed by atoms with Crippen LogP contribution >= 0.6 is 34.4 Å². The first-order valence-corrected chi connectivity index (χ1v) is 13.2. The van der Waals surface area contributed by atoms with Gasteiger partial charge in [0.15, 0.2) is 0 Å². The van der Waals surface area contributed by atoms with Gasteiger partial charge in [-0.05, 0) is 35.8 Å². The van der Waals surface area contributed by atoms with E-state index in [0.29, 0.717) is 22.4 Å². The normalized spacial score (nSPS) is 10.4. The predicted octanol–water partition coefficient (Wildman–Crippen LogP) is 4.09. The first-order valence-electron chi connectivity index (χ1n) is 10.4. The van der Waals surface area contributed by atoms with Crippen LogP contribution in [-0.2, 0) is 35.3 Å². The number of anilines is 2. The van der Waals surface area contributed by atoms with Gasteiger partial charge in [-0.1, -0.05) is 29.6 Å². The zero-order valence-corrected chi connectivity index (χ0v) is 20.9. The third-order valence-corrected chi connectivity index (χ3v) is 6.92. The molecular formula is C21H24N6O4S3. The third-order valence-electron chi connectivity index (χ3n) is 4.13. The molecule has 4 aromatic rings. The number of amides is 2. The smallest absolute Gasteiger partial charge is 0.233 e. The second-order valence-corrected chi connectivity index (χ2v) is 9.96. The van der Waals surface area contributed by atoms with Crippen molar-refractivity contribution in [2.24, 2.45) is 0 Å². The van der Waals surface area contributed by atoms with E-state index in [4.69, 9.17) is 8.83 Å². The van der Waals surface area contributed by atoms with Crippen LogP contribution in [0.2, 0.25) is 0 Å². The number of nitrogens with one attached hydrogen (secondary N) is 2. The lowest BCUT2D eigenvalue weighted by Gasteiger charge is -1.98. The van der Waals surface area contributed by atoms with Gasteiger partial charge in [0.25, 0.3) is 0 Å². The standard InChI is InChI=1S/C15H16N6O3S3.C6H8O/c22-9-16-14-20-18-12(26-14)3-6-25-7-4-13-19-21-15(27-13)17-11(23)8-10-2-1-5-24-10;1-2-6-4-3-5-7-6/h1-2,5,9H,3-4,6-8H2,(H,16,20,22)(H,17,21,23);3-5H,2H2,1H3. The van der Waals surface area contributed by atoms with Crippen molar-refractivity contribution in [2.75, 3.05) is 22.1 Å². The summed E-state index contributed by atoms with van der Waals surface area (Å²) in [7, 11) is 0. The van der Waals surface area contributed by atoms with Crippen molar-refractivity contribution in [2.45, 2.75) is 32.6 Å². The highest BCUT2D eigenvalue weighted by atomic mass is 32.2. The van der Waals surface area contributed by atoms with E-state index >= 15 is 0 Å². The molecule has 34 heavy (non-hydrogen) atoms. The largest absolute Gasteiger partial charge is 0.469 e. The first-order chi connectivity index (χ1) is 16.7. The number of furan rings is 2. The van der Waals surface area contributed by atoms with Crippen LogP contribution in [0.1, 0.15) is 28.5 Å². The van der Waals surface area contributed by atoms with Crippen molar-refractivity contribution in [3.63, 3.8) is 0 Å². The number of thioether (sulfide) groups is 1.